The highest BCUT2D eigenvalue weighted by atomic mass is 35.5. The number of halogens is 6. The molecular weight excluding hydrogens is 662 g/mol. The monoisotopic (exact) mass is 691 g/mol. The average molecular weight is 693 g/mol. The minimum Gasteiger partial charge on any atom is -0.352 e. The van der Waals surface area contributed by atoms with Gasteiger partial charge in [-0.1, -0.05) is 78.1 Å². The summed E-state index contributed by atoms with van der Waals surface area (Å²) in [4.78, 5) is 29.0. The summed E-state index contributed by atoms with van der Waals surface area (Å²) in [6.07, 6.45) is -3.47. The molecule has 238 valence electrons. The summed E-state index contributed by atoms with van der Waals surface area (Å²) in [5.41, 5.74) is -0.567. The van der Waals surface area contributed by atoms with E-state index in [0.29, 0.717) is 32.9 Å². The Balaban J connectivity index is 2.13. The largest absolute Gasteiger partial charge is 0.417 e. The summed E-state index contributed by atoms with van der Waals surface area (Å²) in [5.74, 6) is -1.36. The first-order valence-corrected chi connectivity index (χ1v) is 16.4. The Hall–Kier alpha value is -2.99. The van der Waals surface area contributed by atoms with Crippen molar-refractivity contribution < 1.29 is 31.2 Å². The lowest BCUT2D eigenvalue weighted by Gasteiger charge is -2.34. The van der Waals surface area contributed by atoms with Crippen LogP contribution in [0.4, 0.5) is 18.9 Å². The van der Waals surface area contributed by atoms with Crippen molar-refractivity contribution in [2.24, 2.45) is 0 Å². The van der Waals surface area contributed by atoms with Crippen molar-refractivity contribution in [3.63, 3.8) is 0 Å². The van der Waals surface area contributed by atoms with Crippen LogP contribution in [0.5, 0.6) is 0 Å². The maximum Gasteiger partial charge on any atom is 0.417 e. The minimum absolute atomic E-state index is 0.0537. The molecule has 0 saturated carbocycles. The topological polar surface area (TPSA) is 86.8 Å². The zero-order valence-corrected chi connectivity index (χ0v) is 27.1. The van der Waals surface area contributed by atoms with Crippen LogP contribution in [-0.2, 0) is 38.8 Å². The molecule has 0 fully saturated rings. The first-order chi connectivity index (χ1) is 20.5. The molecule has 0 aliphatic heterocycles. The van der Waals surface area contributed by atoms with Gasteiger partial charge in [-0.2, -0.15) is 13.2 Å². The van der Waals surface area contributed by atoms with Crippen LogP contribution in [0.3, 0.4) is 0 Å². The van der Waals surface area contributed by atoms with Crippen LogP contribution in [0.15, 0.2) is 66.7 Å². The van der Waals surface area contributed by atoms with E-state index in [1.165, 1.54) is 11.0 Å². The third-order valence-electron chi connectivity index (χ3n) is 6.85. The van der Waals surface area contributed by atoms with E-state index in [2.05, 4.69) is 5.32 Å². The molecule has 0 saturated heterocycles. The predicted molar refractivity (Wildman–Crippen MR) is 167 cm³/mol. The third-order valence-corrected chi connectivity index (χ3v) is 8.91. The van der Waals surface area contributed by atoms with Crippen LogP contribution in [0, 0.1) is 0 Å². The van der Waals surface area contributed by atoms with E-state index in [0.717, 1.165) is 18.4 Å². The number of carbonyl (C=O) groups is 2. The standard InChI is InChI=1S/C30H31Cl3F3N3O4S/c1-4-19(2)37-29(41)27(14-20-8-6-5-7-9-20)38(17-21-10-11-22(31)15-26(21)33)28(40)18-39(44(3,42)43)23-12-13-25(32)24(16-23)30(34,35)36/h5-13,15-16,19,27H,4,14,17-18H2,1-3H3,(H,37,41). The first-order valence-electron chi connectivity index (χ1n) is 13.4. The third kappa shape index (κ3) is 9.50. The van der Waals surface area contributed by atoms with E-state index in [9.17, 15) is 31.2 Å². The van der Waals surface area contributed by atoms with E-state index in [1.807, 2.05) is 6.92 Å². The molecular formula is C30H31Cl3F3N3O4S. The fraction of sp³-hybridized carbons (Fsp3) is 0.333. The number of nitrogens with one attached hydrogen (secondary N) is 1. The smallest absolute Gasteiger partial charge is 0.352 e. The van der Waals surface area contributed by atoms with Gasteiger partial charge in [0.2, 0.25) is 21.8 Å². The SMILES string of the molecule is CCC(C)NC(=O)C(Cc1ccccc1)N(Cc1ccc(Cl)cc1Cl)C(=O)CN(c1ccc(Cl)c(C(F)(F)F)c1)S(C)(=O)=O. The summed E-state index contributed by atoms with van der Waals surface area (Å²) in [6.45, 7) is 2.53. The Morgan fingerprint density at radius 1 is 0.955 bits per heavy atom. The van der Waals surface area contributed by atoms with E-state index in [1.54, 1.807) is 49.4 Å². The van der Waals surface area contributed by atoms with E-state index in [-0.39, 0.29) is 24.0 Å². The Morgan fingerprint density at radius 3 is 2.18 bits per heavy atom. The minimum atomic E-state index is -4.88. The fourth-order valence-corrected chi connectivity index (χ4v) is 5.86. The molecule has 0 aromatic heterocycles. The molecule has 2 unspecified atom stereocenters. The second-order valence-electron chi connectivity index (χ2n) is 10.2. The van der Waals surface area contributed by atoms with Crippen LogP contribution in [-0.4, -0.2) is 50.0 Å². The maximum atomic E-state index is 14.1. The maximum absolute atomic E-state index is 14.1. The van der Waals surface area contributed by atoms with Gasteiger partial charge in [0.15, 0.2) is 0 Å². The van der Waals surface area contributed by atoms with Gasteiger partial charge in [0.05, 0.1) is 22.5 Å². The van der Waals surface area contributed by atoms with Crippen molar-refractivity contribution in [3.8, 4) is 0 Å². The van der Waals surface area contributed by atoms with Crippen LogP contribution < -0.4 is 9.62 Å². The second-order valence-corrected chi connectivity index (χ2v) is 13.4. The number of hydrogen-bond donors (Lipinski definition) is 1. The lowest BCUT2D eigenvalue weighted by atomic mass is 10.0. The van der Waals surface area contributed by atoms with Gasteiger partial charge in [0.1, 0.15) is 12.6 Å². The molecule has 14 heteroatoms. The molecule has 0 aliphatic rings. The molecule has 3 aromatic rings. The van der Waals surface area contributed by atoms with Gasteiger partial charge in [-0.15, -0.1) is 0 Å². The average Bonchev–Trinajstić information content (AvgIpc) is 2.94. The summed E-state index contributed by atoms with van der Waals surface area (Å²) in [7, 11) is -4.30. The molecule has 0 aliphatic carbocycles. The van der Waals surface area contributed by atoms with Crippen LogP contribution >= 0.6 is 34.8 Å². The predicted octanol–water partition coefficient (Wildman–Crippen LogP) is 6.99. The summed E-state index contributed by atoms with van der Waals surface area (Å²) in [5, 5.41) is 2.78. The molecule has 1 N–H and O–H groups in total. The molecule has 0 radical (unpaired) electrons. The second kappa shape index (κ2) is 14.9. The number of hydrogen-bond acceptors (Lipinski definition) is 4. The Bertz CT molecular complexity index is 1590. The molecule has 0 heterocycles. The number of nitrogens with zero attached hydrogens (tertiary/aromatic N) is 2. The number of rotatable bonds is 12. The van der Waals surface area contributed by atoms with Crippen molar-refractivity contribution in [1.82, 2.24) is 10.2 Å². The van der Waals surface area contributed by atoms with E-state index >= 15 is 0 Å². The summed E-state index contributed by atoms with van der Waals surface area (Å²) >= 11 is 18.2. The van der Waals surface area contributed by atoms with Crippen LogP contribution in [0.25, 0.3) is 0 Å². The van der Waals surface area contributed by atoms with Gasteiger partial charge < -0.3 is 10.2 Å². The molecule has 2 atom stereocenters. The number of anilines is 1. The van der Waals surface area contributed by atoms with Crippen molar-refractivity contribution in [1.29, 1.82) is 0 Å². The first kappa shape index (κ1) is 35.5. The van der Waals surface area contributed by atoms with Crippen molar-refractivity contribution in [2.45, 2.75) is 51.5 Å². The molecule has 3 rings (SSSR count). The number of carbonyl (C=O) groups excluding carboxylic acids is 2. The Labute approximate surface area is 269 Å². The van der Waals surface area contributed by atoms with E-state index in [4.69, 9.17) is 34.8 Å². The van der Waals surface area contributed by atoms with Crippen molar-refractivity contribution >= 4 is 62.3 Å². The van der Waals surface area contributed by atoms with Crippen LogP contribution in [0.1, 0.15) is 37.0 Å². The zero-order chi connectivity index (χ0) is 32.8. The Morgan fingerprint density at radius 2 is 1.61 bits per heavy atom. The quantitative estimate of drug-likeness (QED) is 0.222. The van der Waals surface area contributed by atoms with Gasteiger partial charge in [-0.3, -0.25) is 13.9 Å². The van der Waals surface area contributed by atoms with Gasteiger partial charge in [0, 0.05) is 29.1 Å². The Kier molecular flexibility index (Phi) is 12.0. The van der Waals surface area contributed by atoms with Gasteiger partial charge in [-0.25, -0.2) is 8.42 Å². The highest BCUT2D eigenvalue weighted by Crippen LogP contribution is 2.37. The normalized spacial score (nSPS) is 13.2. The molecule has 2 amide bonds. The number of benzene rings is 3. The summed E-state index contributed by atoms with van der Waals surface area (Å²) < 4.78 is 67.2. The number of alkyl halides is 3. The van der Waals surface area contributed by atoms with Gasteiger partial charge in [-0.05, 0) is 54.8 Å². The van der Waals surface area contributed by atoms with Crippen molar-refractivity contribution in [3.05, 3.63) is 98.5 Å². The van der Waals surface area contributed by atoms with Crippen molar-refractivity contribution in [2.75, 3.05) is 17.1 Å². The zero-order valence-electron chi connectivity index (χ0n) is 24.0. The fourth-order valence-electron chi connectivity index (χ4n) is 4.33. The van der Waals surface area contributed by atoms with Crippen LogP contribution in [0.2, 0.25) is 15.1 Å². The summed E-state index contributed by atoms with van der Waals surface area (Å²) in [6, 6.07) is 14.6. The van der Waals surface area contributed by atoms with E-state index < -0.39 is 56.9 Å². The lowest BCUT2D eigenvalue weighted by Crippen LogP contribution is -2.54. The molecule has 0 spiro atoms. The molecule has 44 heavy (non-hydrogen) atoms. The molecule has 3 aromatic carbocycles. The highest BCUT2D eigenvalue weighted by molar-refractivity contribution is 7.92. The molecule has 7 nitrogen and oxygen atoms in total. The molecule has 0 bridgehead atoms. The lowest BCUT2D eigenvalue weighted by molar-refractivity contribution is -0.140. The number of amides is 2. The van der Waals surface area contributed by atoms with Gasteiger partial charge in [0.25, 0.3) is 0 Å². The number of sulfonamides is 1. The van der Waals surface area contributed by atoms with Gasteiger partial charge >= 0.3 is 6.18 Å². The highest BCUT2D eigenvalue weighted by Gasteiger charge is 2.36.